The lowest BCUT2D eigenvalue weighted by Gasteiger charge is -2.27. The monoisotopic (exact) mass is 419 g/mol. The van der Waals surface area contributed by atoms with Crippen molar-refractivity contribution in [3.05, 3.63) is 65.9 Å². The van der Waals surface area contributed by atoms with Crippen LogP contribution in [0.5, 0.6) is 5.75 Å². The number of hydrogen-bond donors (Lipinski definition) is 2. The first-order valence-corrected chi connectivity index (χ1v) is 10.1. The predicted molar refractivity (Wildman–Crippen MR) is 120 cm³/mol. The van der Waals surface area contributed by atoms with Crippen molar-refractivity contribution in [3.8, 4) is 5.75 Å². The Hall–Kier alpha value is -3.65. The molecule has 2 aromatic carbocycles. The van der Waals surface area contributed by atoms with Crippen LogP contribution < -0.4 is 20.3 Å². The first-order valence-electron chi connectivity index (χ1n) is 10.1. The van der Waals surface area contributed by atoms with Gasteiger partial charge >= 0.3 is 0 Å². The molecule has 0 bridgehead atoms. The third-order valence-electron chi connectivity index (χ3n) is 4.90. The molecular formula is C23H25N5O3. The summed E-state index contributed by atoms with van der Waals surface area (Å²) >= 11 is 0. The zero-order valence-corrected chi connectivity index (χ0v) is 17.6. The number of morpholine rings is 1. The molecule has 1 aromatic heterocycles. The largest absolute Gasteiger partial charge is 0.497 e. The van der Waals surface area contributed by atoms with E-state index in [-0.39, 0.29) is 5.91 Å². The zero-order valence-electron chi connectivity index (χ0n) is 17.6. The first-order chi connectivity index (χ1) is 15.1. The number of nitrogens with one attached hydrogen (secondary N) is 2. The summed E-state index contributed by atoms with van der Waals surface area (Å²) < 4.78 is 10.5. The summed E-state index contributed by atoms with van der Waals surface area (Å²) in [7, 11) is 1.59. The molecule has 4 rings (SSSR count). The summed E-state index contributed by atoms with van der Waals surface area (Å²) in [5.74, 6) is 1.96. The number of rotatable bonds is 6. The molecule has 0 spiro atoms. The summed E-state index contributed by atoms with van der Waals surface area (Å²) in [4.78, 5) is 23.7. The van der Waals surface area contributed by atoms with Crippen molar-refractivity contribution < 1.29 is 14.3 Å². The van der Waals surface area contributed by atoms with Gasteiger partial charge in [-0.05, 0) is 55.5 Å². The number of hydrogen-bond acceptors (Lipinski definition) is 7. The molecule has 3 aromatic rings. The number of nitrogens with zero attached hydrogens (tertiary/aromatic N) is 3. The van der Waals surface area contributed by atoms with E-state index in [1.54, 1.807) is 31.4 Å². The van der Waals surface area contributed by atoms with Gasteiger partial charge in [0.1, 0.15) is 11.6 Å². The van der Waals surface area contributed by atoms with Crippen molar-refractivity contribution in [3.63, 3.8) is 0 Å². The molecule has 31 heavy (non-hydrogen) atoms. The van der Waals surface area contributed by atoms with E-state index in [2.05, 4.69) is 25.5 Å². The van der Waals surface area contributed by atoms with Gasteiger partial charge in [-0.3, -0.25) is 4.79 Å². The molecule has 0 unspecified atom stereocenters. The van der Waals surface area contributed by atoms with Crippen LogP contribution in [0.15, 0.2) is 54.6 Å². The van der Waals surface area contributed by atoms with Gasteiger partial charge in [0.25, 0.3) is 5.91 Å². The van der Waals surface area contributed by atoms with Crippen LogP contribution in [0.3, 0.4) is 0 Å². The van der Waals surface area contributed by atoms with Gasteiger partial charge < -0.3 is 25.0 Å². The predicted octanol–water partition coefficient (Wildman–Crippen LogP) is 3.63. The molecule has 8 nitrogen and oxygen atoms in total. The van der Waals surface area contributed by atoms with E-state index in [1.165, 1.54) is 0 Å². The van der Waals surface area contributed by atoms with Crippen LogP contribution in [0.1, 0.15) is 16.1 Å². The number of anilines is 4. The molecule has 0 atom stereocenters. The Bertz CT molecular complexity index is 1030. The zero-order chi connectivity index (χ0) is 21.6. The lowest BCUT2D eigenvalue weighted by Crippen LogP contribution is -2.37. The Morgan fingerprint density at radius 3 is 2.35 bits per heavy atom. The van der Waals surface area contributed by atoms with Crippen LogP contribution in [0.2, 0.25) is 0 Å². The smallest absolute Gasteiger partial charge is 0.255 e. The second kappa shape index (κ2) is 9.44. The number of methoxy groups -OCH3 is 1. The lowest BCUT2D eigenvalue weighted by atomic mass is 10.2. The van der Waals surface area contributed by atoms with Gasteiger partial charge in [0.2, 0.25) is 5.95 Å². The van der Waals surface area contributed by atoms with E-state index in [4.69, 9.17) is 9.47 Å². The van der Waals surface area contributed by atoms with Gasteiger partial charge in [-0.1, -0.05) is 0 Å². The molecule has 0 saturated carbocycles. The molecule has 0 radical (unpaired) electrons. The summed E-state index contributed by atoms with van der Waals surface area (Å²) in [5.41, 5.74) is 3.03. The maximum atomic E-state index is 12.4. The van der Waals surface area contributed by atoms with Gasteiger partial charge in [-0.25, -0.2) is 4.98 Å². The molecule has 1 aliphatic rings. The summed E-state index contributed by atoms with van der Waals surface area (Å²) in [5, 5.41) is 6.21. The molecule has 160 valence electrons. The fourth-order valence-corrected chi connectivity index (χ4v) is 3.25. The molecule has 0 aliphatic carbocycles. The number of amides is 1. The van der Waals surface area contributed by atoms with Crippen LogP contribution >= 0.6 is 0 Å². The molecule has 1 amide bonds. The van der Waals surface area contributed by atoms with Crippen molar-refractivity contribution in [2.24, 2.45) is 0 Å². The highest BCUT2D eigenvalue weighted by Gasteiger charge is 2.15. The average Bonchev–Trinajstić information content (AvgIpc) is 2.80. The van der Waals surface area contributed by atoms with E-state index in [9.17, 15) is 4.79 Å². The summed E-state index contributed by atoms with van der Waals surface area (Å²) in [6.07, 6.45) is 0. The van der Waals surface area contributed by atoms with E-state index < -0.39 is 0 Å². The Morgan fingerprint density at radius 1 is 1.00 bits per heavy atom. The SMILES string of the molecule is COc1ccc(C(=O)Nc2ccc(Nc3cc(C)nc(N4CCOCC4)n3)cc2)cc1. The highest BCUT2D eigenvalue weighted by molar-refractivity contribution is 6.04. The Balaban J connectivity index is 1.41. The van der Waals surface area contributed by atoms with E-state index in [1.807, 2.05) is 37.3 Å². The Morgan fingerprint density at radius 2 is 1.68 bits per heavy atom. The van der Waals surface area contributed by atoms with Crippen molar-refractivity contribution >= 4 is 29.0 Å². The number of benzene rings is 2. The second-order valence-electron chi connectivity index (χ2n) is 7.18. The third-order valence-corrected chi connectivity index (χ3v) is 4.90. The fraction of sp³-hybridized carbons (Fsp3) is 0.261. The molecular weight excluding hydrogens is 394 g/mol. The van der Waals surface area contributed by atoms with Crippen LogP contribution in [-0.4, -0.2) is 49.3 Å². The van der Waals surface area contributed by atoms with Crippen LogP contribution in [0, 0.1) is 6.92 Å². The third kappa shape index (κ3) is 5.29. The number of carbonyl (C=O) groups is 1. The average molecular weight is 419 g/mol. The fourth-order valence-electron chi connectivity index (χ4n) is 3.25. The number of carbonyl (C=O) groups excluding carboxylic acids is 1. The van der Waals surface area contributed by atoms with E-state index >= 15 is 0 Å². The van der Waals surface area contributed by atoms with Gasteiger partial charge in [0.15, 0.2) is 0 Å². The highest BCUT2D eigenvalue weighted by atomic mass is 16.5. The minimum Gasteiger partial charge on any atom is -0.497 e. The molecule has 8 heteroatoms. The van der Waals surface area contributed by atoms with Crippen molar-refractivity contribution in [2.45, 2.75) is 6.92 Å². The van der Waals surface area contributed by atoms with Crippen LogP contribution in [-0.2, 0) is 4.74 Å². The minimum absolute atomic E-state index is 0.176. The molecule has 1 saturated heterocycles. The summed E-state index contributed by atoms with van der Waals surface area (Å²) in [6.45, 7) is 4.89. The van der Waals surface area contributed by atoms with Gasteiger partial charge in [0, 0.05) is 41.8 Å². The normalized spacial score (nSPS) is 13.5. The van der Waals surface area contributed by atoms with Crippen LogP contribution in [0.4, 0.5) is 23.1 Å². The van der Waals surface area contributed by atoms with Gasteiger partial charge in [-0.15, -0.1) is 0 Å². The van der Waals surface area contributed by atoms with E-state index in [0.29, 0.717) is 36.2 Å². The van der Waals surface area contributed by atoms with Crippen molar-refractivity contribution in [1.82, 2.24) is 9.97 Å². The van der Waals surface area contributed by atoms with Crippen LogP contribution in [0.25, 0.3) is 0 Å². The highest BCUT2D eigenvalue weighted by Crippen LogP contribution is 2.21. The number of aryl methyl sites for hydroxylation is 1. The van der Waals surface area contributed by atoms with Crippen molar-refractivity contribution in [1.29, 1.82) is 0 Å². The lowest BCUT2D eigenvalue weighted by molar-refractivity contribution is 0.102. The summed E-state index contributed by atoms with van der Waals surface area (Å²) in [6, 6.07) is 16.4. The van der Waals surface area contributed by atoms with E-state index in [0.717, 1.165) is 30.3 Å². The minimum atomic E-state index is -0.176. The standard InChI is InChI=1S/C23H25N5O3/c1-16-15-21(27-23(24-16)28-11-13-31-14-12-28)25-18-5-7-19(8-6-18)26-22(29)17-3-9-20(30-2)10-4-17/h3-10,15H,11-14H2,1-2H3,(H,26,29)(H,24,25,27). The van der Waals surface area contributed by atoms with Crippen molar-refractivity contribution in [2.75, 3.05) is 48.9 Å². The Kier molecular flexibility index (Phi) is 6.28. The first kappa shape index (κ1) is 20.6. The maximum Gasteiger partial charge on any atom is 0.255 e. The number of ether oxygens (including phenoxy) is 2. The maximum absolute atomic E-state index is 12.4. The van der Waals surface area contributed by atoms with Gasteiger partial charge in [0.05, 0.1) is 20.3 Å². The molecule has 1 aliphatic heterocycles. The molecule has 2 N–H and O–H groups in total. The Labute approximate surface area is 181 Å². The second-order valence-corrected chi connectivity index (χ2v) is 7.18. The molecule has 2 heterocycles. The van der Waals surface area contributed by atoms with Gasteiger partial charge in [-0.2, -0.15) is 4.98 Å². The topological polar surface area (TPSA) is 88.6 Å². The molecule has 1 fully saturated rings. The quantitative estimate of drug-likeness (QED) is 0.631. The number of aromatic nitrogens is 2.